The largest absolute Gasteiger partial charge is 0.495 e. The maximum atomic E-state index is 12.0. The summed E-state index contributed by atoms with van der Waals surface area (Å²) < 4.78 is 5.62. The number of rotatable bonds is 8. The Hall–Kier alpha value is -4.23. The minimum absolute atomic E-state index is 0.104. The van der Waals surface area contributed by atoms with Gasteiger partial charge in [0.2, 0.25) is 5.95 Å². The zero-order chi connectivity index (χ0) is 24.9. The average Bonchev–Trinajstić information content (AvgIpc) is 2.84. The number of anilines is 4. The molecule has 10 heteroatoms. The number of hydrogen-bond donors (Lipinski definition) is 3. The fourth-order valence-corrected chi connectivity index (χ4v) is 4.08. The number of ether oxygens (including phenoxy) is 1. The number of primary amides is 1. The fraction of sp³-hybridized carbons (Fsp3) is 0.320. The zero-order valence-electron chi connectivity index (χ0n) is 20.0. The van der Waals surface area contributed by atoms with E-state index in [9.17, 15) is 4.79 Å². The van der Waals surface area contributed by atoms with Gasteiger partial charge in [-0.15, -0.1) is 10.2 Å². The van der Waals surface area contributed by atoms with Gasteiger partial charge in [-0.05, 0) is 55.2 Å². The number of nitriles is 1. The van der Waals surface area contributed by atoms with Crippen LogP contribution in [0.5, 0.6) is 5.75 Å². The average molecular weight is 473 g/mol. The van der Waals surface area contributed by atoms with Crippen molar-refractivity contribution >= 4 is 29.0 Å². The van der Waals surface area contributed by atoms with E-state index in [1.807, 2.05) is 30.3 Å². The first-order valence-corrected chi connectivity index (χ1v) is 11.4. The number of carbonyl (C=O) groups excluding carboxylic acids is 1. The van der Waals surface area contributed by atoms with Gasteiger partial charge in [0.15, 0.2) is 11.5 Å². The van der Waals surface area contributed by atoms with Gasteiger partial charge in [-0.2, -0.15) is 10.2 Å². The van der Waals surface area contributed by atoms with Crippen LogP contribution in [0.25, 0.3) is 0 Å². The number of nitrogens with one attached hydrogen (secondary N) is 2. The van der Waals surface area contributed by atoms with Gasteiger partial charge in [-0.3, -0.25) is 9.69 Å². The lowest BCUT2D eigenvalue weighted by atomic mass is 9.97. The van der Waals surface area contributed by atoms with E-state index in [0.29, 0.717) is 23.2 Å². The molecule has 1 aliphatic heterocycles. The molecule has 35 heavy (non-hydrogen) atoms. The maximum absolute atomic E-state index is 12.0. The van der Waals surface area contributed by atoms with Crippen molar-refractivity contribution in [3.8, 4) is 11.8 Å². The summed E-state index contributed by atoms with van der Waals surface area (Å²) in [5.74, 6) is 0.212. The summed E-state index contributed by atoms with van der Waals surface area (Å²) in [5.41, 5.74) is 9.94. The molecule has 10 nitrogen and oxygen atoms in total. The summed E-state index contributed by atoms with van der Waals surface area (Å²) in [5, 5.41) is 23.4. The molecule has 0 fully saturated rings. The van der Waals surface area contributed by atoms with Crippen molar-refractivity contribution in [2.24, 2.45) is 5.73 Å². The summed E-state index contributed by atoms with van der Waals surface area (Å²) in [6.45, 7) is 6.23. The monoisotopic (exact) mass is 472 g/mol. The molecule has 2 aromatic carbocycles. The van der Waals surface area contributed by atoms with E-state index < -0.39 is 5.91 Å². The van der Waals surface area contributed by atoms with Crippen LogP contribution >= 0.6 is 0 Å². The molecule has 2 heterocycles. The van der Waals surface area contributed by atoms with E-state index in [-0.39, 0.29) is 23.9 Å². The van der Waals surface area contributed by atoms with Crippen molar-refractivity contribution in [1.82, 2.24) is 20.1 Å². The molecule has 0 unspecified atom stereocenters. The molecule has 1 aromatic heterocycles. The minimum atomic E-state index is -0.767. The number of hydrogen-bond acceptors (Lipinski definition) is 9. The minimum Gasteiger partial charge on any atom is -0.495 e. The van der Waals surface area contributed by atoms with E-state index >= 15 is 0 Å². The highest BCUT2D eigenvalue weighted by molar-refractivity contribution is 5.96. The summed E-state index contributed by atoms with van der Waals surface area (Å²) in [6, 6.07) is 13.9. The SMILES string of the molecule is COc1cc2c(cc1Nc1nnc(C(N)=O)c(Nc3ccccc3CC#N)n1)CN(C(C)C)CC2. The molecule has 4 rings (SSSR count). The van der Waals surface area contributed by atoms with Gasteiger partial charge in [0, 0.05) is 24.8 Å². The molecule has 180 valence electrons. The zero-order valence-corrected chi connectivity index (χ0v) is 20.0. The summed E-state index contributed by atoms with van der Waals surface area (Å²) >= 11 is 0. The first-order valence-electron chi connectivity index (χ1n) is 11.4. The van der Waals surface area contributed by atoms with Gasteiger partial charge >= 0.3 is 0 Å². The molecule has 0 aliphatic carbocycles. The highest BCUT2D eigenvalue weighted by Gasteiger charge is 2.22. The molecule has 0 atom stereocenters. The highest BCUT2D eigenvalue weighted by Crippen LogP contribution is 2.34. The van der Waals surface area contributed by atoms with E-state index in [0.717, 1.165) is 25.1 Å². The molecule has 0 spiro atoms. The Morgan fingerprint density at radius 1 is 1.20 bits per heavy atom. The van der Waals surface area contributed by atoms with Crippen LogP contribution in [0, 0.1) is 11.3 Å². The van der Waals surface area contributed by atoms with Crippen LogP contribution in [0.2, 0.25) is 0 Å². The van der Waals surface area contributed by atoms with Crippen molar-refractivity contribution in [2.75, 3.05) is 24.3 Å². The number of nitrogens with two attached hydrogens (primary N) is 1. The quantitative estimate of drug-likeness (QED) is 0.450. The molecular weight excluding hydrogens is 444 g/mol. The lowest BCUT2D eigenvalue weighted by Crippen LogP contribution is -2.35. The van der Waals surface area contributed by atoms with E-state index in [1.165, 1.54) is 11.1 Å². The number of nitrogens with zero attached hydrogens (tertiary/aromatic N) is 5. The van der Waals surface area contributed by atoms with E-state index in [1.54, 1.807) is 13.2 Å². The van der Waals surface area contributed by atoms with Gasteiger partial charge in [0.05, 0.1) is 25.3 Å². The third-order valence-corrected chi connectivity index (χ3v) is 6.00. The van der Waals surface area contributed by atoms with Crippen LogP contribution < -0.4 is 21.1 Å². The standard InChI is InChI=1S/C25H28N8O2/c1-15(2)33-11-9-17-13-21(35-3)20(12-18(17)14-33)29-25-30-24(22(23(27)34)31-32-25)28-19-7-5-4-6-16(19)8-10-26/h4-7,12-13,15H,8-9,11,14H2,1-3H3,(H2,27,34)(H2,28,29,30,32). The van der Waals surface area contributed by atoms with Gasteiger partial charge in [-0.1, -0.05) is 18.2 Å². The van der Waals surface area contributed by atoms with Crippen LogP contribution in [0.3, 0.4) is 0 Å². The molecule has 0 saturated carbocycles. The van der Waals surface area contributed by atoms with Crippen molar-refractivity contribution in [3.63, 3.8) is 0 Å². The predicted octanol–water partition coefficient (Wildman–Crippen LogP) is 3.30. The van der Waals surface area contributed by atoms with Crippen LogP contribution in [0.4, 0.5) is 23.1 Å². The number of benzene rings is 2. The lowest BCUT2D eigenvalue weighted by molar-refractivity contribution is 0.0995. The summed E-state index contributed by atoms with van der Waals surface area (Å²) in [4.78, 5) is 18.9. The number of carbonyl (C=O) groups is 1. The first-order chi connectivity index (χ1) is 16.9. The van der Waals surface area contributed by atoms with Gasteiger partial charge in [-0.25, -0.2) is 0 Å². The predicted molar refractivity (Wildman–Crippen MR) is 133 cm³/mol. The molecule has 3 aromatic rings. The smallest absolute Gasteiger partial charge is 0.273 e. The number of fused-ring (bicyclic) bond motifs is 1. The van der Waals surface area contributed by atoms with E-state index in [2.05, 4.69) is 50.6 Å². The Balaban J connectivity index is 1.67. The Morgan fingerprint density at radius 3 is 2.71 bits per heavy atom. The number of amides is 1. The lowest BCUT2D eigenvalue weighted by Gasteiger charge is -2.32. The number of para-hydroxylation sites is 1. The Bertz CT molecular complexity index is 1280. The molecular formula is C25H28N8O2. The van der Waals surface area contributed by atoms with Crippen molar-refractivity contribution in [2.45, 2.75) is 39.3 Å². The van der Waals surface area contributed by atoms with Gasteiger partial charge < -0.3 is 21.1 Å². The summed E-state index contributed by atoms with van der Waals surface area (Å²) in [7, 11) is 1.62. The first kappa shape index (κ1) is 23.9. The number of aromatic nitrogens is 3. The van der Waals surface area contributed by atoms with Crippen molar-refractivity contribution in [1.29, 1.82) is 5.26 Å². The fourth-order valence-electron chi connectivity index (χ4n) is 4.08. The second kappa shape index (κ2) is 10.4. The second-order valence-electron chi connectivity index (χ2n) is 8.57. The van der Waals surface area contributed by atoms with Crippen LogP contribution in [0.15, 0.2) is 36.4 Å². The summed E-state index contributed by atoms with van der Waals surface area (Å²) in [6.07, 6.45) is 1.14. The van der Waals surface area contributed by atoms with E-state index in [4.69, 9.17) is 15.7 Å². The van der Waals surface area contributed by atoms with Crippen molar-refractivity contribution in [3.05, 3.63) is 58.8 Å². The van der Waals surface area contributed by atoms with Crippen molar-refractivity contribution < 1.29 is 9.53 Å². The molecule has 0 saturated heterocycles. The third kappa shape index (κ3) is 5.31. The van der Waals surface area contributed by atoms with Gasteiger partial charge in [0.25, 0.3) is 5.91 Å². The maximum Gasteiger partial charge on any atom is 0.273 e. The van der Waals surface area contributed by atoms with Crippen LogP contribution in [-0.4, -0.2) is 45.7 Å². The second-order valence-corrected chi connectivity index (χ2v) is 8.57. The highest BCUT2D eigenvalue weighted by atomic mass is 16.5. The molecule has 1 aliphatic rings. The molecule has 0 radical (unpaired) electrons. The Labute approximate surface area is 204 Å². The third-order valence-electron chi connectivity index (χ3n) is 6.00. The van der Waals surface area contributed by atoms with Crippen LogP contribution in [-0.2, 0) is 19.4 Å². The topological polar surface area (TPSA) is 142 Å². The molecule has 4 N–H and O–H groups in total. The molecule has 0 bridgehead atoms. The molecule has 1 amide bonds. The Morgan fingerprint density at radius 2 is 2.00 bits per heavy atom. The Kier molecular flexibility index (Phi) is 7.08. The number of methoxy groups -OCH3 is 1. The van der Waals surface area contributed by atoms with Crippen LogP contribution in [0.1, 0.15) is 41.0 Å². The normalized spacial score (nSPS) is 13.1. The van der Waals surface area contributed by atoms with Gasteiger partial charge in [0.1, 0.15) is 5.75 Å².